The standard InChI is InChI=1S/C11H15N3O3/c1-7-2-3-8(17-7)6-13-10(15)11(4-5-11)9(12)14-16/h2-3,16H,4-6H2,1H3,(H2,12,14)(H,13,15). The highest BCUT2D eigenvalue weighted by Gasteiger charge is 2.54. The molecule has 1 saturated carbocycles. The predicted octanol–water partition coefficient (Wildman–Crippen LogP) is 0.731. The number of aryl methyl sites for hydroxylation is 1. The third-order valence-electron chi connectivity index (χ3n) is 3.00. The number of amidine groups is 1. The van der Waals surface area contributed by atoms with Gasteiger partial charge in [0.1, 0.15) is 16.9 Å². The van der Waals surface area contributed by atoms with E-state index >= 15 is 0 Å². The number of carbonyl (C=O) groups is 1. The van der Waals surface area contributed by atoms with Gasteiger partial charge >= 0.3 is 0 Å². The van der Waals surface area contributed by atoms with Crippen LogP contribution in [0.25, 0.3) is 0 Å². The van der Waals surface area contributed by atoms with Crippen molar-refractivity contribution in [3.05, 3.63) is 23.7 Å². The van der Waals surface area contributed by atoms with E-state index in [1.54, 1.807) is 6.07 Å². The summed E-state index contributed by atoms with van der Waals surface area (Å²) >= 11 is 0. The van der Waals surface area contributed by atoms with Gasteiger partial charge in [0.05, 0.1) is 6.54 Å². The lowest BCUT2D eigenvalue weighted by molar-refractivity contribution is -0.124. The molecule has 1 heterocycles. The van der Waals surface area contributed by atoms with E-state index in [0.29, 0.717) is 25.1 Å². The molecule has 1 amide bonds. The van der Waals surface area contributed by atoms with Crippen LogP contribution in [0.2, 0.25) is 0 Å². The first-order valence-corrected chi connectivity index (χ1v) is 5.40. The number of hydrogen-bond donors (Lipinski definition) is 3. The lowest BCUT2D eigenvalue weighted by atomic mass is 10.1. The summed E-state index contributed by atoms with van der Waals surface area (Å²) < 4.78 is 5.33. The van der Waals surface area contributed by atoms with Gasteiger partial charge in [-0.05, 0) is 31.9 Å². The van der Waals surface area contributed by atoms with Crippen LogP contribution in [0.4, 0.5) is 0 Å². The molecule has 6 heteroatoms. The molecule has 4 N–H and O–H groups in total. The molecule has 0 unspecified atom stereocenters. The van der Waals surface area contributed by atoms with Crippen molar-refractivity contribution in [1.82, 2.24) is 5.32 Å². The highest BCUT2D eigenvalue weighted by molar-refractivity contribution is 6.09. The Morgan fingerprint density at radius 1 is 1.65 bits per heavy atom. The molecule has 92 valence electrons. The molecular weight excluding hydrogens is 222 g/mol. The third kappa shape index (κ3) is 2.11. The second-order valence-electron chi connectivity index (χ2n) is 4.26. The Hall–Kier alpha value is -1.98. The van der Waals surface area contributed by atoms with E-state index in [9.17, 15) is 4.79 Å². The Bertz CT molecular complexity index is 460. The molecule has 17 heavy (non-hydrogen) atoms. The van der Waals surface area contributed by atoms with Crippen molar-refractivity contribution >= 4 is 11.7 Å². The van der Waals surface area contributed by atoms with Crippen LogP contribution in [0.1, 0.15) is 24.4 Å². The molecule has 1 aromatic heterocycles. The van der Waals surface area contributed by atoms with E-state index < -0.39 is 5.41 Å². The molecule has 0 aromatic carbocycles. The van der Waals surface area contributed by atoms with Crippen molar-refractivity contribution in [2.24, 2.45) is 16.3 Å². The van der Waals surface area contributed by atoms with Gasteiger partial charge in [-0.15, -0.1) is 0 Å². The van der Waals surface area contributed by atoms with Gasteiger partial charge in [-0.3, -0.25) is 4.79 Å². The number of amides is 1. The molecule has 0 atom stereocenters. The molecular formula is C11H15N3O3. The molecule has 1 aliphatic rings. The van der Waals surface area contributed by atoms with Crippen molar-refractivity contribution in [2.75, 3.05) is 0 Å². The van der Waals surface area contributed by atoms with Crippen molar-refractivity contribution in [1.29, 1.82) is 0 Å². The summed E-state index contributed by atoms with van der Waals surface area (Å²) in [5.41, 5.74) is 4.69. The van der Waals surface area contributed by atoms with Gasteiger partial charge < -0.3 is 20.7 Å². The van der Waals surface area contributed by atoms with Gasteiger partial charge in [-0.25, -0.2) is 0 Å². The van der Waals surface area contributed by atoms with Crippen molar-refractivity contribution in [3.63, 3.8) is 0 Å². The van der Waals surface area contributed by atoms with Crippen LogP contribution >= 0.6 is 0 Å². The average molecular weight is 237 g/mol. The molecule has 2 rings (SSSR count). The average Bonchev–Trinajstić information content (AvgIpc) is 3.04. The zero-order valence-corrected chi connectivity index (χ0v) is 9.56. The molecule has 0 spiro atoms. The van der Waals surface area contributed by atoms with Crippen LogP contribution in [-0.4, -0.2) is 17.0 Å². The maximum Gasteiger partial charge on any atom is 0.234 e. The Morgan fingerprint density at radius 2 is 2.35 bits per heavy atom. The van der Waals surface area contributed by atoms with Crippen molar-refractivity contribution < 1.29 is 14.4 Å². The lowest BCUT2D eigenvalue weighted by Gasteiger charge is -2.12. The SMILES string of the molecule is Cc1ccc(CNC(=O)C2(/C(N)=N/O)CC2)o1. The molecule has 1 aromatic rings. The van der Waals surface area contributed by atoms with Crippen LogP contribution in [0.15, 0.2) is 21.7 Å². The summed E-state index contributed by atoms with van der Waals surface area (Å²) in [5.74, 6) is 1.24. The van der Waals surface area contributed by atoms with Crippen LogP contribution in [-0.2, 0) is 11.3 Å². The number of furan rings is 1. The number of oxime groups is 1. The van der Waals surface area contributed by atoms with Crippen LogP contribution in [0.3, 0.4) is 0 Å². The summed E-state index contributed by atoms with van der Waals surface area (Å²) in [6, 6.07) is 3.64. The van der Waals surface area contributed by atoms with Gasteiger partial charge in [0.2, 0.25) is 5.91 Å². The number of carbonyl (C=O) groups excluding carboxylic acids is 1. The van der Waals surface area contributed by atoms with Gasteiger partial charge in [-0.1, -0.05) is 5.16 Å². The first kappa shape index (κ1) is 11.5. The minimum Gasteiger partial charge on any atom is -0.465 e. The first-order valence-electron chi connectivity index (χ1n) is 5.40. The van der Waals surface area contributed by atoms with E-state index in [0.717, 1.165) is 5.76 Å². The molecule has 0 bridgehead atoms. The molecule has 6 nitrogen and oxygen atoms in total. The minimum absolute atomic E-state index is 0.0226. The van der Waals surface area contributed by atoms with Gasteiger partial charge in [-0.2, -0.15) is 0 Å². The monoisotopic (exact) mass is 237 g/mol. The van der Waals surface area contributed by atoms with E-state index in [-0.39, 0.29) is 11.7 Å². The molecule has 1 fully saturated rings. The summed E-state index contributed by atoms with van der Waals surface area (Å²) in [6.07, 6.45) is 1.23. The number of nitrogens with zero attached hydrogens (tertiary/aromatic N) is 1. The third-order valence-corrected chi connectivity index (χ3v) is 3.00. The van der Waals surface area contributed by atoms with Gasteiger partial charge in [0.25, 0.3) is 0 Å². The van der Waals surface area contributed by atoms with Crippen molar-refractivity contribution in [2.45, 2.75) is 26.3 Å². The van der Waals surface area contributed by atoms with Crippen LogP contribution in [0.5, 0.6) is 0 Å². The summed E-state index contributed by atoms with van der Waals surface area (Å²) in [5, 5.41) is 14.3. The number of hydrogen-bond acceptors (Lipinski definition) is 4. The second kappa shape index (κ2) is 4.12. The Balaban J connectivity index is 1.94. The Kier molecular flexibility index (Phi) is 2.79. The van der Waals surface area contributed by atoms with Gasteiger partial charge in [0, 0.05) is 0 Å². The number of nitrogens with one attached hydrogen (secondary N) is 1. The zero-order chi connectivity index (χ0) is 12.5. The fourth-order valence-electron chi connectivity index (χ4n) is 1.74. The van der Waals surface area contributed by atoms with Crippen molar-refractivity contribution in [3.8, 4) is 0 Å². The van der Waals surface area contributed by atoms with E-state index in [2.05, 4.69) is 10.5 Å². The zero-order valence-electron chi connectivity index (χ0n) is 9.56. The largest absolute Gasteiger partial charge is 0.465 e. The first-order chi connectivity index (χ1) is 8.08. The highest BCUT2D eigenvalue weighted by Crippen LogP contribution is 2.46. The molecule has 0 aliphatic heterocycles. The summed E-state index contributed by atoms with van der Waals surface area (Å²) in [6.45, 7) is 2.15. The molecule has 0 saturated heterocycles. The maximum absolute atomic E-state index is 11.9. The number of rotatable bonds is 4. The van der Waals surface area contributed by atoms with Crippen LogP contribution in [0, 0.1) is 12.3 Å². The minimum atomic E-state index is -0.809. The number of nitrogens with two attached hydrogens (primary N) is 1. The van der Waals surface area contributed by atoms with Crippen LogP contribution < -0.4 is 11.1 Å². The highest BCUT2D eigenvalue weighted by atomic mass is 16.4. The molecule has 0 radical (unpaired) electrons. The van der Waals surface area contributed by atoms with E-state index in [1.165, 1.54) is 0 Å². The fraction of sp³-hybridized carbons (Fsp3) is 0.455. The second-order valence-corrected chi connectivity index (χ2v) is 4.26. The van der Waals surface area contributed by atoms with Gasteiger partial charge in [0.15, 0.2) is 5.84 Å². The quantitative estimate of drug-likeness (QED) is 0.311. The lowest BCUT2D eigenvalue weighted by Crippen LogP contribution is -2.40. The van der Waals surface area contributed by atoms with E-state index in [4.69, 9.17) is 15.4 Å². The van der Waals surface area contributed by atoms with E-state index in [1.807, 2.05) is 13.0 Å². The molecule has 1 aliphatic carbocycles. The summed E-state index contributed by atoms with van der Waals surface area (Å²) in [4.78, 5) is 11.9. The smallest absolute Gasteiger partial charge is 0.234 e. The Morgan fingerprint density at radius 3 is 2.82 bits per heavy atom. The fourth-order valence-corrected chi connectivity index (χ4v) is 1.74. The summed E-state index contributed by atoms with van der Waals surface area (Å²) in [7, 11) is 0. The maximum atomic E-state index is 11.9. The Labute approximate surface area is 98.5 Å². The normalized spacial score (nSPS) is 17.8. The topological polar surface area (TPSA) is 101 Å². The predicted molar refractivity (Wildman–Crippen MR) is 60.4 cm³/mol.